The van der Waals surface area contributed by atoms with Crippen LogP contribution in [0.25, 0.3) is 12.2 Å². The molecule has 156 valence electrons. The van der Waals surface area contributed by atoms with Crippen LogP contribution in [0.4, 0.5) is 0 Å². The lowest BCUT2D eigenvalue weighted by atomic mass is 9.94. The molecule has 0 saturated carbocycles. The number of halogens is 2. The molecule has 6 heteroatoms. The summed E-state index contributed by atoms with van der Waals surface area (Å²) < 4.78 is 1.96. The number of Topliss-reactive ketones (excluding diaryl/α,β-unsaturated/α-hetero) is 1. The van der Waals surface area contributed by atoms with Crippen LogP contribution >= 0.6 is 31.9 Å². The zero-order valence-corrected chi connectivity index (χ0v) is 20.2. The molecule has 4 nitrogen and oxygen atoms in total. The molecule has 1 aliphatic rings. The predicted octanol–water partition coefficient (Wildman–Crippen LogP) is 5.04. The highest BCUT2D eigenvalue weighted by Gasteiger charge is 2.28. The van der Waals surface area contributed by atoms with E-state index in [0.717, 1.165) is 20.1 Å². The first-order valence-electron chi connectivity index (χ1n) is 9.71. The Morgan fingerprint density at radius 1 is 0.900 bits per heavy atom. The van der Waals surface area contributed by atoms with Crippen molar-refractivity contribution in [1.29, 1.82) is 0 Å². The van der Waals surface area contributed by atoms with E-state index in [-0.39, 0.29) is 11.7 Å². The van der Waals surface area contributed by atoms with Gasteiger partial charge in [0.15, 0.2) is 5.78 Å². The summed E-state index contributed by atoms with van der Waals surface area (Å²) in [6.45, 7) is 1.35. The number of rotatable bonds is 5. The van der Waals surface area contributed by atoms with Gasteiger partial charge in [-0.15, -0.1) is 0 Å². The zero-order valence-electron chi connectivity index (χ0n) is 17.1. The molecule has 0 aliphatic carbocycles. The third-order valence-electron chi connectivity index (χ3n) is 4.85. The SMILES string of the molecule is CN(C)CCC(=O)N1C/C(=C\c2ccc(Br)cc2)C(=O)/C(=C/c2ccc(Br)cc2)C1. The van der Waals surface area contributed by atoms with E-state index in [4.69, 9.17) is 0 Å². The maximum absolute atomic E-state index is 13.2. The summed E-state index contributed by atoms with van der Waals surface area (Å²) in [6.07, 6.45) is 4.20. The van der Waals surface area contributed by atoms with E-state index in [1.807, 2.05) is 79.7 Å². The molecule has 1 aliphatic heterocycles. The van der Waals surface area contributed by atoms with Gasteiger partial charge < -0.3 is 9.80 Å². The third kappa shape index (κ3) is 6.24. The van der Waals surface area contributed by atoms with Crippen LogP contribution in [0.5, 0.6) is 0 Å². The Kier molecular flexibility index (Phi) is 7.81. The fraction of sp³-hybridized carbons (Fsp3) is 0.250. The van der Waals surface area contributed by atoms with Crippen LogP contribution < -0.4 is 0 Å². The highest BCUT2D eigenvalue weighted by atomic mass is 79.9. The van der Waals surface area contributed by atoms with Crippen molar-refractivity contribution in [2.24, 2.45) is 0 Å². The minimum absolute atomic E-state index is 0.00232. The third-order valence-corrected chi connectivity index (χ3v) is 5.91. The molecule has 1 saturated heterocycles. The number of nitrogens with zero attached hydrogens (tertiary/aromatic N) is 2. The van der Waals surface area contributed by atoms with E-state index in [1.54, 1.807) is 4.90 Å². The molecule has 0 radical (unpaired) electrons. The molecule has 0 bridgehead atoms. The van der Waals surface area contributed by atoms with E-state index in [2.05, 4.69) is 31.9 Å². The maximum atomic E-state index is 13.2. The Balaban J connectivity index is 1.92. The van der Waals surface area contributed by atoms with Crippen LogP contribution in [0.3, 0.4) is 0 Å². The molecule has 1 fully saturated rings. The van der Waals surface area contributed by atoms with E-state index in [0.29, 0.717) is 37.2 Å². The number of carbonyl (C=O) groups is 2. The van der Waals surface area contributed by atoms with Gasteiger partial charge in [-0.1, -0.05) is 56.1 Å². The van der Waals surface area contributed by atoms with Gasteiger partial charge in [-0.3, -0.25) is 9.59 Å². The molecule has 0 atom stereocenters. The Morgan fingerprint density at radius 2 is 1.33 bits per heavy atom. The van der Waals surface area contributed by atoms with Crippen molar-refractivity contribution >= 4 is 55.7 Å². The summed E-state index contributed by atoms with van der Waals surface area (Å²) >= 11 is 6.87. The van der Waals surface area contributed by atoms with Gasteiger partial charge in [-0.2, -0.15) is 0 Å². The highest BCUT2D eigenvalue weighted by molar-refractivity contribution is 9.10. The number of hydrogen-bond acceptors (Lipinski definition) is 3. The number of ketones is 1. The Bertz CT molecular complexity index is 910. The summed E-state index contributed by atoms with van der Waals surface area (Å²) in [5.41, 5.74) is 3.13. The Hall–Kier alpha value is -2.02. The second kappa shape index (κ2) is 10.3. The maximum Gasteiger partial charge on any atom is 0.224 e. The Labute approximate surface area is 194 Å². The summed E-state index contributed by atoms with van der Waals surface area (Å²) in [4.78, 5) is 29.8. The number of benzene rings is 2. The molecule has 0 spiro atoms. The van der Waals surface area contributed by atoms with Gasteiger partial charge in [0.1, 0.15) is 0 Å². The molecule has 30 heavy (non-hydrogen) atoms. The quantitative estimate of drug-likeness (QED) is 0.507. The fourth-order valence-electron chi connectivity index (χ4n) is 3.21. The zero-order chi connectivity index (χ0) is 21.7. The highest BCUT2D eigenvalue weighted by Crippen LogP contribution is 2.24. The van der Waals surface area contributed by atoms with Crippen LogP contribution in [0.2, 0.25) is 0 Å². The minimum Gasteiger partial charge on any atom is -0.334 e. The van der Waals surface area contributed by atoms with Crippen molar-refractivity contribution in [2.45, 2.75) is 6.42 Å². The van der Waals surface area contributed by atoms with Crippen LogP contribution in [-0.4, -0.2) is 55.2 Å². The van der Waals surface area contributed by atoms with Crippen molar-refractivity contribution in [3.05, 3.63) is 79.7 Å². The second-order valence-electron chi connectivity index (χ2n) is 7.57. The van der Waals surface area contributed by atoms with Gasteiger partial charge >= 0.3 is 0 Å². The summed E-state index contributed by atoms with van der Waals surface area (Å²) in [5.74, 6) is 0.0529. The first kappa shape index (κ1) is 22.7. The molecule has 0 aromatic heterocycles. The van der Waals surface area contributed by atoms with Crippen molar-refractivity contribution in [3.63, 3.8) is 0 Å². The first-order valence-corrected chi connectivity index (χ1v) is 11.3. The molecule has 3 rings (SSSR count). The molecule has 1 amide bonds. The van der Waals surface area contributed by atoms with Crippen molar-refractivity contribution in [3.8, 4) is 0 Å². The Morgan fingerprint density at radius 3 is 1.73 bits per heavy atom. The fourth-order valence-corrected chi connectivity index (χ4v) is 3.74. The van der Waals surface area contributed by atoms with Gasteiger partial charge in [0.25, 0.3) is 0 Å². The van der Waals surface area contributed by atoms with Gasteiger partial charge in [0.05, 0.1) is 0 Å². The van der Waals surface area contributed by atoms with Crippen molar-refractivity contribution < 1.29 is 9.59 Å². The molecule has 1 heterocycles. The summed E-state index contributed by atoms with van der Waals surface area (Å²) in [5, 5.41) is 0. The van der Waals surface area contributed by atoms with Crippen LogP contribution in [0.1, 0.15) is 17.5 Å². The number of hydrogen-bond donors (Lipinski definition) is 0. The number of piperidine rings is 1. The lowest BCUT2D eigenvalue weighted by Crippen LogP contribution is -2.42. The molecule has 0 unspecified atom stereocenters. The second-order valence-corrected chi connectivity index (χ2v) is 9.41. The first-order chi connectivity index (χ1) is 14.3. The lowest BCUT2D eigenvalue weighted by molar-refractivity contribution is -0.131. The number of carbonyl (C=O) groups excluding carboxylic acids is 2. The largest absolute Gasteiger partial charge is 0.334 e. The van der Waals surface area contributed by atoms with Gasteiger partial charge in [-0.05, 0) is 61.6 Å². The average Bonchev–Trinajstić information content (AvgIpc) is 2.72. The summed E-state index contributed by atoms with van der Waals surface area (Å²) in [6, 6.07) is 15.6. The standard InChI is InChI=1S/C24H24Br2N2O2/c1-27(2)12-11-23(29)28-15-19(13-17-3-7-21(25)8-4-17)24(30)20(16-28)14-18-5-9-22(26)10-6-18/h3-10,13-14H,11-12,15-16H2,1-2H3/b19-13+,20-14+. The van der Waals surface area contributed by atoms with Crippen LogP contribution in [0, 0.1) is 0 Å². The van der Waals surface area contributed by atoms with E-state index in [9.17, 15) is 9.59 Å². The molecular weight excluding hydrogens is 508 g/mol. The van der Waals surface area contributed by atoms with Crippen LogP contribution in [0.15, 0.2) is 68.6 Å². The van der Waals surface area contributed by atoms with E-state index >= 15 is 0 Å². The monoisotopic (exact) mass is 530 g/mol. The lowest BCUT2D eigenvalue weighted by Gasteiger charge is -2.30. The minimum atomic E-state index is -0.00232. The molecule has 0 N–H and O–H groups in total. The van der Waals surface area contributed by atoms with Gasteiger partial charge in [-0.25, -0.2) is 0 Å². The number of likely N-dealkylation sites (tertiary alicyclic amines) is 1. The van der Waals surface area contributed by atoms with Crippen molar-refractivity contribution in [1.82, 2.24) is 9.80 Å². The van der Waals surface area contributed by atoms with Gasteiger partial charge in [0, 0.05) is 46.1 Å². The molecular formula is C24H24Br2N2O2. The summed E-state index contributed by atoms with van der Waals surface area (Å²) in [7, 11) is 3.90. The average molecular weight is 532 g/mol. The smallest absolute Gasteiger partial charge is 0.224 e. The van der Waals surface area contributed by atoms with E-state index < -0.39 is 0 Å². The van der Waals surface area contributed by atoms with E-state index in [1.165, 1.54) is 0 Å². The predicted molar refractivity (Wildman–Crippen MR) is 129 cm³/mol. The topological polar surface area (TPSA) is 40.6 Å². The number of amides is 1. The van der Waals surface area contributed by atoms with Crippen LogP contribution in [-0.2, 0) is 9.59 Å². The van der Waals surface area contributed by atoms with Crippen molar-refractivity contribution in [2.75, 3.05) is 33.7 Å². The van der Waals surface area contributed by atoms with Gasteiger partial charge in [0.2, 0.25) is 5.91 Å². The normalized spacial score (nSPS) is 17.2. The molecule has 2 aromatic rings. The molecule has 2 aromatic carbocycles.